The minimum Gasteiger partial charge on any atom is -0.259 e. The maximum Gasteiger partial charge on any atom is 0.177 e. The highest BCUT2D eigenvalue weighted by Gasteiger charge is 2.40. The van der Waals surface area contributed by atoms with E-state index in [1.807, 2.05) is 0 Å². The number of hydrogen-bond donors (Lipinski definition) is 0. The third-order valence-electron chi connectivity index (χ3n) is 4.33. The second-order valence-electron chi connectivity index (χ2n) is 5.83. The van der Waals surface area contributed by atoms with Crippen molar-refractivity contribution >= 4 is 34.2 Å². The first-order valence-electron chi connectivity index (χ1n) is 8.00. The van der Waals surface area contributed by atoms with Gasteiger partial charge in [0.05, 0.1) is 11.4 Å². The first-order valence-corrected chi connectivity index (χ1v) is 8.00. The van der Waals surface area contributed by atoms with Crippen LogP contribution in [0.25, 0.3) is 11.4 Å². The molecule has 12 heteroatoms. The average Bonchev–Trinajstić information content (AvgIpc) is 2.81. The Labute approximate surface area is 167 Å². The van der Waals surface area contributed by atoms with Crippen LogP contribution in [0.2, 0.25) is 0 Å². The van der Waals surface area contributed by atoms with Crippen LogP contribution in [0.5, 0.6) is 0 Å². The van der Waals surface area contributed by atoms with Gasteiger partial charge in [-0.25, -0.2) is 20.0 Å². The molecule has 0 bridgehead atoms. The third-order valence-corrected chi connectivity index (χ3v) is 4.33. The fourth-order valence-electron chi connectivity index (χ4n) is 3.10. The van der Waals surface area contributed by atoms with Crippen molar-refractivity contribution in [2.24, 2.45) is 20.0 Å². The van der Waals surface area contributed by atoms with E-state index in [2.05, 4.69) is 29.9 Å². The predicted octanol–water partition coefficient (Wildman–Crippen LogP) is -1.93. The van der Waals surface area contributed by atoms with Gasteiger partial charge in [0.25, 0.3) is 0 Å². The Kier molecular flexibility index (Phi) is 3.90. The van der Waals surface area contributed by atoms with Gasteiger partial charge in [0.15, 0.2) is 34.2 Å². The van der Waals surface area contributed by atoms with Crippen molar-refractivity contribution in [3.63, 3.8) is 0 Å². The lowest BCUT2D eigenvalue weighted by Crippen LogP contribution is -2.50. The number of nitrogens with zero attached hydrogens (tertiary/aromatic N) is 12. The summed E-state index contributed by atoms with van der Waals surface area (Å²) < 4.78 is 0. The van der Waals surface area contributed by atoms with Gasteiger partial charge >= 0.3 is 0 Å². The summed E-state index contributed by atoms with van der Waals surface area (Å²) in [6, 6.07) is 8.68. The molecule has 30 heavy (non-hydrogen) atoms. The molecule has 1 aromatic heterocycles. The number of rotatable bonds is 0. The van der Waals surface area contributed by atoms with Crippen molar-refractivity contribution in [2.75, 3.05) is 0 Å². The Morgan fingerprint density at radius 3 is 1.17 bits per heavy atom. The van der Waals surface area contributed by atoms with E-state index in [9.17, 15) is 31.6 Å². The van der Waals surface area contributed by atoms with Crippen LogP contribution in [0.4, 0.5) is 0 Å². The van der Waals surface area contributed by atoms with E-state index >= 15 is 0 Å². The quantitative estimate of drug-likeness (QED) is 0.487. The highest BCUT2D eigenvalue weighted by molar-refractivity contribution is 6.55. The summed E-state index contributed by atoms with van der Waals surface area (Å²) in [7, 11) is 0. The fourth-order valence-corrected chi connectivity index (χ4v) is 3.10. The number of fused-ring (bicyclic) bond motifs is 4. The van der Waals surface area contributed by atoms with Crippen molar-refractivity contribution in [3.05, 3.63) is 22.1 Å². The van der Waals surface area contributed by atoms with Crippen molar-refractivity contribution < 1.29 is 0 Å². The van der Waals surface area contributed by atoms with Crippen molar-refractivity contribution in [2.45, 2.75) is 12.1 Å². The van der Waals surface area contributed by atoms with Crippen LogP contribution >= 0.6 is 0 Å². The van der Waals surface area contributed by atoms with E-state index < -0.39 is 12.1 Å². The Morgan fingerprint density at radius 2 is 0.867 bits per heavy atom. The van der Waals surface area contributed by atoms with E-state index in [1.165, 1.54) is 0 Å². The minimum absolute atomic E-state index is 0.0342. The Hall–Kier alpha value is -5.56. The van der Waals surface area contributed by atoms with Crippen molar-refractivity contribution in [1.82, 2.24) is 9.97 Å². The topological polar surface area (TPSA) is 218 Å². The van der Waals surface area contributed by atoms with E-state index in [1.54, 1.807) is 36.4 Å². The third kappa shape index (κ3) is 2.34. The summed E-state index contributed by atoms with van der Waals surface area (Å²) in [5.41, 5.74) is -1.34. The first kappa shape index (κ1) is 17.8. The molecule has 12 nitrogen and oxygen atoms in total. The van der Waals surface area contributed by atoms with Crippen LogP contribution < -0.4 is 10.7 Å². The minimum atomic E-state index is -0.986. The Balaban J connectivity index is 2.23. The van der Waals surface area contributed by atoms with E-state index in [0.29, 0.717) is 0 Å². The van der Waals surface area contributed by atoms with Crippen LogP contribution in [-0.4, -0.2) is 44.9 Å². The lowest BCUT2D eigenvalue weighted by atomic mass is 9.93. The van der Waals surface area contributed by atoms with Gasteiger partial charge in [-0.3, -0.25) is 9.98 Å². The summed E-state index contributed by atoms with van der Waals surface area (Å²) >= 11 is 0. The van der Waals surface area contributed by atoms with E-state index in [0.717, 1.165) is 0 Å². The van der Waals surface area contributed by atoms with Crippen molar-refractivity contribution in [1.29, 1.82) is 31.6 Å². The summed E-state index contributed by atoms with van der Waals surface area (Å²) in [5.74, 6) is 0. The highest BCUT2D eigenvalue weighted by Crippen LogP contribution is 2.29. The van der Waals surface area contributed by atoms with Crippen LogP contribution in [-0.2, 0) is 0 Å². The van der Waals surface area contributed by atoms with Gasteiger partial charge in [-0.15, -0.1) is 0 Å². The number of nitriles is 6. The molecule has 3 aliphatic rings. The molecule has 2 unspecified atom stereocenters. The molecule has 3 heterocycles. The SMILES string of the molecule is N#CC1=NC2=c3nc(C#N)c(C#N)nc3=C3N=C(C#N)C(C#N)=NC3C2N=C1C#N. The second kappa shape index (κ2) is 6.55. The van der Waals surface area contributed by atoms with Gasteiger partial charge < -0.3 is 0 Å². The molecule has 0 fully saturated rings. The standard InChI is InChI=1S/C18H2N12/c19-1-7-8(2-20)26-14-13(25-7)15-17(29-10(4-22)9(3-21)27-15)18-16(14)28-11(5-23)12(6-24)30-18/h13,15H. The monoisotopic (exact) mass is 386 g/mol. The zero-order valence-corrected chi connectivity index (χ0v) is 14.5. The number of aromatic nitrogens is 2. The van der Waals surface area contributed by atoms with Gasteiger partial charge in [0.2, 0.25) is 0 Å². The smallest absolute Gasteiger partial charge is 0.177 e. The molecule has 0 radical (unpaired) electrons. The molecule has 0 amide bonds. The fraction of sp³-hybridized carbons (Fsp3) is 0.111. The van der Waals surface area contributed by atoms with Gasteiger partial charge in [0.1, 0.15) is 59.2 Å². The Morgan fingerprint density at radius 1 is 0.500 bits per heavy atom. The molecule has 0 saturated carbocycles. The number of aliphatic imine (C=N–C) groups is 4. The molecule has 2 atom stereocenters. The van der Waals surface area contributed by atoms with Gasteiger partial charge in [-0.2, -0.15) is 31.6 Å². The zero-order valence-electron chi connectivity index (χ0n) is 14.5. The van der Waals surface area contributed by atoms with Gasteiger partial charge in [0, 0.05) is 0 Å². The predicted molar refractivity (Wildman–Crippen MR) is 97.3 cm³/mol. The van der Waals surface area contributed by atoms with Crippen LogP contribution in [0.3, 0.4) is 0 Å². The summed E-state index contributed by atoms with van der Waals surface area (Å²) in [5, 5.41) is 55.9. The molecule has 2 aliphatic heterocycles. The van der Waals surface area contributed by atoms with Crippen LogP contribution in [0.15, 0.2) is 20.0 Å². The Bertz CT molecular complexity index is 1440. The van der Waals surface area contributed by atoms with Crippen molar-refractivity contribution in [3.8, 4) is 36.4 Å². The first-order chi connectivity index (χ1) is 14.6. The zero-order chi connectivity index (χ0) is 21.4. The van der Waals surface area contributed by atoms with Gasteiger partial charge in [-0.1, -0.05) is 0 Å². The van der Waals surface area contributed by atoms with E-state index in [4.69, 9.17) is 0 Å². The van der Waals surface area contributed by atoms with Gasteiger partial charge in [-0.05, 0) is 0 Å². The maximum atomic E-state index is 9.31. The summed E-state index contributed by atoms with van der Waals surface area (Å²) in [6.45, 7) is 0. The maximum absolute atomic E-state index is 9.31. The normalized spacial score (nSPS) is 20.5. The van der Waals surface area contributed by atoms with Crippen LogP contribution in [0.1, 0.15) is 11.4 Å². The average molecular weight is 386 g/mol. The second-order valence-corrected chi connectivity index (χ2v) is 5.83. The molecule has 0 aromatic carbocycles. The highest BCUT2D eigenvalue weighted by atomic mass is 15.1. The molecular weight excluding hydrogens is 384 g/mol. The molecule has 4 rings (SSSR count). The molecule has 0 spiro atoms. The molecule has 0 saturated heterocycles. The molecule has 1 aromatic rings. The van der Waals surface area contributed by atoms with E-state index in [-0.39, 0.29) is 56.3 Å². The molecule has 1 aliphatic carbocycles. The van der Waals surface area contributed by atoms with Crippen LogP contribution in [0, 0.1) is 68.0 Å². The largest absolute Gasteiger partial charge is 0.259 e. The summed E-state index contributed by atoms with van der Waals surface area (Å²) in [4.78, 5) is 25.1. The lowest BCUT2D eigenvalue weighted by molar-refractivity contribution is 0.695. The molecule has 134 valence electrons. The molecule has 0 N–H and O–H groups in total. The molecular formula is C18H2N12. The summed E-state index contributed by atoms with van der Waals surface area (Å²) in [6.07, 6.45) is 0. The number of hydrogen-bond acceptors (Lipinski definition) is 12. The lowest BCUT2D eigenvalue weighted by Gasteiger charge is -2.29.